The Morgan fingerprint density at radius 1 is 1.38 bits per heavy atom. The molecule has 0 aromatic carbocycles. The number of carbonyl (C=O) groups is 2. The summed E-state index contributed by atoms with van der Waals surface area (Å²) in [5.74, 6) is -0.0130. The van der Waals surface area contributed by atoms with E-state index in [-0.39, 0.29) is 35.4 Å². The Morgan fingerprint density at radius 3 is 2.62 bits per heavy atom. The molecule has 0 saturated heterocycles. The number of ether oxygens (including phenoxy) is 1. The Hall–Kier alpha value is -1.55. The van der Waals surface area contributed by atoms with Gasteiger partial charge in [-0.2, -0.15) is 0 Å². The minimum absolute atomic E-state index is 0.0650. The summed E-state index contributed by atoms with van der Waals surface area (Å²) in [7, 11) is 0. The number of hydrogen-bond donors (Lipinski definition) is 0. The monoisotopic (exact) mass is 346 g/mol. The van der Waals surface area contributed by atoms with Gasteiger partial charge < -0.3 is 4.74 Å². The minimum atomic E-state index is -0.412. The first-order valence-corrected chi connectivity index (χ1v) is 8.86. The average molecular weight is 346 g/mol. The Kier molecular flexibility index (Phi) is 5.59. The molecule has 3 atom stereocenters. The fourth-order valence-electron chi connectivity index (χ4n) is 3.52. The topological polar surface area (TPSA) is 43.4 Å². The summed E-state index contributed by atoms with van der Waals surface area (Å²) >= 11 is 4.74. The fourth-order valence-corrected chi connectivity index (χ4v) is 3.63. The quantitative estimate of drug-likeness (QED) is 0.310. The maximum atomic E-state index is 12.6. The predicted molar refractivity (Wildman–Crippen MR) is 99.8 cm³/mol. The SMILES string of the molecule is CC(C)=C[C@@H]1[C@@H](C(=O)O[C@H]2CC(=O)C(C/C=C\C=S)=C2C)C1(C)C. The van der Waals surface area contributed by atoms with Gasteiger partial charge in [-0.1, -0.05) is 49.9 Å². The van der Waals surface area contributed by atoms with Crippen LogP contribution in [0.1, 0.15) is 47.5 Å². The molecule has 3 nitrogen and oxygen atoms in total. The first kappa shape index (κ1) is 18.8. The molecule has 1 saturated carbocycles. The van der Waals surface area contributed by atoms with Gasteiger partial charge in [-0.3, -0.25) is 9.59 Å². The van der Waals surface area contributed by atoms with E-state index in [9.17, 15) is 9.59 Å². The second-order valence-electron chi connectivity index (χ2n) is 7.55. The molecule has 0 aromatic heterocycles. The van der Waals surface area contributed by atoms with E-state index in [1.165, 1.54) is 10.9 Å². The summed E-state index contributed by atoms with van der Waals surface area (Å²) in [6.07, 6.45) is 6.15. The molecule has 0 spiro atoms. The third-order valence-corrected chi connectivity index (χ3v) is 5.30. The molecule has 0 radical (unpaired) electrons. The summed E-state index contributed by atoms with van der Waals surface area (Å²) < 4.78 is 5.70. The molecular weight excluding hydrogens is 320 g/mol. The van der Waals surface area contributed by atoms with Crippen molar-refractivity contribution in [3.63, 3.8) is 0 Å². The Balaban J connectivity index is 2.05. The summed E-state index contributed by atoms with van der Waals surface area (Å²) in [4.78, 5) is 24.7. The Labute approximate surface area is 149 Å². The number of allylic oxidation sites excluding steroid dienone is 5. The molecule has 0 aromatic rings. The van der Waals surface area contributed by atoms with Gasteiger partial charge >= 0.3 is 5.97 Å². The zero-order valence-electron chi connectivity index (χ0n) is 15.1. The van der Waals surface area contributed by atoms with Gasteiger partial charge in [-0.05, 0) is 44.1 Å². The van der Waals surface area contributed by atoms with Gasteiger partial charge in [0.25, 0.3) is 0 Å². The van der Waals surface area contributed by atoms with E-state index in [2.05, 4.69) is 19.9 Å². The lowest BCUT2D eigenvalue weighted by molar-refractivity contribution is -0.150. The van der Waals surface area contributed by atoms with E-state index in [0.29, 0.717) is 6.42 Å². The van der Waals surface area contributed by atoms with Gasteiger partial charge in [-0.25, -0.2) is 0 Å². The highest BCUT2D eigenvalue weighted by atomic mass is 32.1. The Bertz CT molecular complexity index is 648. The summed E-state index contributed by atoms with van der Waals surface area (Å²) in [5.41, 5.74) is 2.76. The molecule has 0 amide bonds. The van der Waals surface area contributed by atoms with Crippen LogP contribution in [0, 0.1) is 17.3 Å². The number of esters is 1. The van der Waals surface area contributed by atoms with Crippen LogP contribution < -0.4 is 0 Å². The highest BCUT2D eigenvalue weighted by Crippen LogP contribution is 2.60. The van der Waals surface area contributed by atoms with Crippen molar-refractivity contribution >= 4 is 29.3 Å². The molecule has 0 aliphatic heterocycles. The van der Waals surface area contributed by atoms with Crippen molar-refractivity contribution < 1.29 is 14.3 Å². The molecule has 0 N–H and O–H groups in total. The lowest BCUT2D eigenvalue weighted by Crippen LogP contribution is -2.20. The van der Waals surface area contributed by atoms with Crippen LogP contribution in [-0.4, -0.2) is 23.2 Å². The molecule has 2 aliphatic rings. The maximum Gasteiger partial charge on any atom is 0.310 e. The number of rotatable bonds is 6. The van der Waals surface area contributed by atoms with Gasteiger partial charge in [-0.15, -0.1) is 0 Å². The van der Waals surface area contributed by atoms with Crippen molar-refractivity contribution in [2.75, 3.05) is 0 Å². The second kappa shape index (κ2) is 7.14. The van der Waals surface area contributed by atoms with Gasteiger partial charge in [0.15, 0.2) is 5.78 Å². The normalized spacial score (nSPS) is 28.2. The minimum Gasteiger partial charge on any atom is -0.457 e. The predicted octanol–water partition coefficient (Wildman–Crippen LogP) is 4.37. The van der Waals surface area contributed by atoms with E-state index < -0.39 is 6.10 Å². The first-order valence-electron chi connectivity index (χ1n) is 8.38. The van der Waals surface area contributed by atoms with Crippen LogP contribution >= 0.6 is 12.2 Å². The summed E-state index contributed by atoms with van der Waals surface area (Å²) in [6, 6.07) is 0. The maximum absolute atomic E-state index is 12.6. The molecule has 4 heteroatoms. The van der Waals surface area contributed by atoms with Crippen molar-refractivity contribution in [1.82, 2.24) is 0 Å². The van der Waals surface area contributed by atoms with Crippen LogP contribution in [0.25, 0.3) is 0 Å². The lowest BCUT2D eigenvalue weighted by atomic mass is 10.1. The van der Waals surface area contributed by atoms with Gasteiger partial charge in [0, 0.05) is 10.9 Å². The molecular formula is C20H26O3S. The van der Waals surface area contributed by atoms with Crippen molar-refractivity contribution in [2.45, 2.75) is 53.6 Å². The molecule has 2 aliphatic carbocycles. The van der Waals surface area contributed by atoms with E-state index >= 15 is 0 Å². The molecule has 2 rings (SSSR count). The van der Waals surface area contributed by atoms with Gasteiger partial charge in [0.05, 0.1) is 12.3 Å². The molecule has 0 heterocycles. The van der Waals surface area contributed by atoms with Crippen molar-refractivity contribution in [3.05, 3.63) is 34.9 Å². The first-order chi connectivity index (χ1) is 11.2. The van der Waals surface area contributed by atoms with Gasteiger partial charge in [0.1, 0.15) is 6.10 Å². The van der Waals surface area contributed by atoms with Crippen LogP contribution in [0.15, 0.2) is 34.9 Å². The smallest absolute Gasteiger partial charge is 0.310 e. The Morgan fingerprint density at radius 2 is 2.04 bits per heavy atom. The number of ketones is 1. The standard InChI is InChI=1S/C20H26O3S/c1-12(2)10-15-18(20(15,4)5)19(22)23-17-11-16(21)14(13(17)3)8-6-7-9-24/h6-7,9-10,15,17-18H,8,11H2,1-5H3/b7-6-/t15-,17+,18+/m1/s1. The number of hydrogen-bond acceptors (Lipinski definition) is 4. The van der Waals surface area contributed by atoms with Crippen molar-refractivity contribution in [2.24, 2.45) is 17.3 Å². The second-order valence-corrected chi connectivity index (χ2v) is 7.82. The summed E-state index contributed by atoms with van der Waals surface area (Å²) in [5, 5.41) is 1.52. The van der Waals surface area contributed by atoms with Crippen molar-refractivity contribution in [1.29, 1.82) is 0 Å². The third kappa shape index (κ3) is 3.75. The highest BCUT2D eigenvalue weighted by molar-refractivity contribution is 7.79. The van der Waals surface area contributed by atoms with E-state index in [4.69, 9.17) is 17.0 Å². The van der Waals surface area contributed by atoms with Gasteiger partial charge in [0.2, 0.25) is 0 Å². The van der Waals surface area contributed by atoms with Crippen LogP contribution in [0.2, 0.25) is 0 Å². The van der Waals surface area contributed by atoms with Crippen LogP contribution in [-0.2, 0) is 14.3 Å². The van der Waals surface area contributed by atoms with E-state index in [0.717, 1.165) is 11.1 Å². The molecule has 130 valence electrons. The van der Waals surface area contributed by atoms with E-state index in [1.54, 1.807) is 6.08 Å². The summed E-state index contributed by atoms with van der Waals surface area (Å²) in [6.45, 7) is 10.1. The highest BCUT2D eigenvalue weighted by Gasteiger charge is 2.61. The number of thiocarbonyl (C=S) groups is 1. The third-order valence-electron chi connectivity index (χ3n) is 5.14. The molecule has 0 unspecified atom stereocenters. The van der Waals surface area contributed by atoms with Crippen LogP contribution in [0.3, 0.4) is 0 Å². The number of carbonyl (C=O) groups excluding carboxylic acids is 2. The number of Topliss-reactive ketones (excluding diaryl/α,β-unsaturated/α-hetero) is 1. The van der Waals surface area contributed by atoms with Crippen LogP contribution in [0.5, 0.6) is 0 Å². The van der Waals surface area contributed by atoms with Crippen molar-refractivity contribution in [3.8, 4) is 0 Å². The fraction of sp³-hybridized carbons (Fsp3) is 0.550. The molecule has 24 heavy (non-hydrogen) atoms. The lowest BCUT2D eigenvalue weighted by Gasteiger charge is -2.13. The largest absolute Gasteiger partial charge is 0.457 e. The zero-order valence-corrected chi connectivity index (χ0v) is 15.9. The van der Waals surface area contributed by atoms with Crippen LogP contribution in [0.4, 0.5) is 0 Å². The zero-order chi connectivity index (χ0) is 18.1. The average Bonchev–Trinajstić information content (AvgIpc) is 2.90. The van der Waals surface area contributed by atoms with E-state index in [1.807, 2.05) is 26.8 Å². The molecule has 0 bridgehead atoms. The molecule has 1 fully saturated rings.